The van der Waals surface area contributed by atoms with Gasteiger partial charge in [0.1, 0.15) is 11.9 Å². The van der Waals surface area contributed by atoms with Gasteiger partial charge in [-0.05, 0) is 41.3 Å². The van der Waals surface area contributed by atoms with Crippen molar-refractivity contribution >= 4 is 11.6 Å². The third-order valence-electron chi connectivity index (χ3n) is 5.68. The minimum absolute atomic E-state index is 0.0338. The fourth-order valence-electron chi connectivity index (χ4n) is 4.39. The highest BCUT2D eigenvalue weighted by Crippen LogP contribution is 2.41. The summed E-state index contributed by atoms with van der Waals surface area (Å²) < 4.78 is 0. The molecule has 0 aromatic heterocycles. The molecule has 0 fully saturated rings. The molecule has 0 radical (unpaired) electrons. The van der Waals surface area contributed by atoms with Gasteiger partial charge in [-0.25, -0.2) is 0 Å². The summed E-state index contributed by atoms with van der Waals surface area (Å²) in [5.41, 5.74) is 5.09. The summed E-state index contributed by atoms with van der Waals surface area (Å²) >= 11 is 0. The van der Waals surface area contributed by atoms with Crippen LogP contribution in [0.25, 0.3) is 0 Å². The number of nitrogens with one attached hydrogen (secondary N) is 1. The van der Waals surface area contributed by atoms with Crippen molar-refractivity contribution in [1.82, 2.24) is 5.32 Å². The number of carbonyl (C=O) groups is 1. The van der Waals surface area contributed by atoms with Gasteiger partial charge < -0.3 is 15.3 Å². The molecule has 2 atom stereocenters. The number of rotatable bonds is 2. The van der Waals surface area contributed by atoms with Crippen LogP contribution in [0.3, 0.4) is 0 Å². The Morgan fingerprint density at radius 3 is 2.59 bits per heavy atom. The molecule has 134 valence electrons. The minimum Gasteiger partial charge on any atom is -0.508 e. The normalized spacial score (nSPS) is 20.3. The molecule has 0 bridgehead atoms. The van der Waals surface area contributed by atoms with Crippen molar-refractivity contribution in [1.29, 1.82) is 0 Å². The van der Waals surface area contributed by atoms with Crippen molar-refractivity contribution in [2.24, 2.45) is 0 Å². The first-order chi connectivity index (χ1) is 13.2. The van der Waals surface area contributed by atoms with Gasteiger partial charge in [-0.15, -0.1) is 0 Å². The number of carbonyl (C=O) groups excluding carboxylic acids is 1. The molecule has 1 amide bonds. The van der Waals surface area contributed by atoms with E-state index in [1.54, 1.807) is 6.07 Å². The molecule has 2 N–H and O–H groups in total. The molecule has 0 saturated heterocycles. The second-order valence-corrected chi connectivity index (χ2v) is 7.20. The lowest BCUT2D eigenvalue weighted by molar-refractivity contribution is 0.0916. The predicted molar refractivity (Wildman–Crippen MR) is 105 cm³/mol. The van der Waals surface area contributed by atoms with Crippen LogP contribution in [0.1, 0.15) is 33.0 Å². The number of anilines is 1. The largest absolute Gasteiger partial charge is 0.508 e. The minimum atomic E-state index is -0.137. The lowest BCUT2D eigenvalue weighted by atomic mass is 9.81. The Labute approximate surface area is 158 Å². The molecule has 27 heavy (non-hydrogen) atoms. The Bertz CT molecular complexity index is 1030. The van der Waals surface area contributed by atoms with E-state index in [0.717, 1.165) is 23.4 Å². The zero-order valence-electron chi connectivity index (χ0n) is 14.8. The molecule has 2 aliphatic rings. The average molecular weight is 356 g/mol. The van der Waals surface area contributed by atoms with Crippen molar-refractivity contribution in [3.05, 3.63) is 95.1 Å². The summed E-state index contributed by atoms with van der Waals surface area (Å²) in [7, 11) is 0. The van der Waals surface area contributed by atoms with Gasteiger partial charge in [0, 0.05) is 12.5 Å². The van der Waals surface area contributed by atoms with Crippen LogP contribution in [0.5, 0.6) is 5.75 Å². The molecule has 4 heteroatoms. The van der Waals surface area contributed by atoms with Gasteiger partial charge in [0.15, 0.2) is 0 Å². The molecule has 3 aromatic rings. The Morgan fingerprint density at radius 2 is 1.70 bits per heavy atom. The van der Waals surface area contributed by atoms with Crippen LogP contribution in [0, 0.1) is 0 Å². The molecule has 0 aliphatic carbocycles. The number of nitrogens with zero attached hydrogens (tertiary/aromatic N) is 1. The summed E-state index contributed by atoms with van der Waals surface area (Å²) in [4.78, 5) is 15.0. The van der Waals surface area contributed by atoms with E-state index in [9.17, 15) is 9.90 Å². The van der Waals surface area contributed by atoms with E-state index in [1.165, 1.54) is 11.1 Å². The Hall–Kier alpha value is -3.27. The van der Waals surface area contributed by atoms with Crippen LogP contribution >= 0.6 is 0 Å². The molecule has 2 heterocycles. The van der Waals surface area contributed by atoms with Gasteiger partial charge in [0.2, 0.25) is 0 Å². The van der Waals surface area contributed by atoms with Crippen molar-refractivity contribution in [3.8, 4) is 5.75 Å². The maximum atomic E-state index is 12.7. The number of benzene rings is 3. The van der Waals surface area contributed by atoms with Crippen LogP contribution in [0.15, 0.2) is 72.8 Å². The first kappa shape index (κ1) is 15.9. The summed E-state index contributed by atoms with van der Waals surface area (Å²) in [6.45, 7) is 0.759. The molecular weight excluding hydrogens is 336 g/mol. The third-order valence-corrected chi connectivity index (χ3v) is 5.68. The zero-order valence-corrected chi connectivity index (χ0v) is 14.8. The first-order valence-electron chi connectivity index (χ1n) is 9.23. The second kappa shape index (κ2) is 6.16. The second-order valence-electron chi connectivity index (χ2n) is 7.20. The number of aromatic hydroxyl groups is 1. The van der Waals surface area contributed by atoms with Crippen molar-refractivity contribution in [2.75, 3.05) is 4.90 Å². The van der Waals surface area contributed by atoms with Gasteiger partial charge >= 0.3 is 0 Å². The molecule has 4 nitrogen and oxygen atoms in total. The fourth-order valence-corrected chi connectivity index (χ4v) is 4.39. The van der Waals surface area contributed by atoms with Crippen molar-refractivity contribution < 1.29 is 9.90 Å². The predicted octanol–water partition coefficient (Wildman–Crippen LogP) is 3.81. The molecule has 3 aromatic carbocycles. The zero-order chi connectivity index (χ0) is 18.4. The highest BCUT2D eigenvalue weighted by atomic mass is 16.3. The Morgan fingerprint density at radius 1 is 0.963 bits per heavy atom. The monoisotopic (exact) mass is 356 g/mol. The first-order valence-corrected chi connectivity index (χ1v) is 9.23. The van der Waals surface area contributed by atoms with Crippen molar-refractivity contribution in [3.63, 3.8) is 0 Å². The number of para-hydroxylation sites is 2. The number of fused-ring (bicyclic) bond motifs is 4. The number of amides is 1. The topological polar surface area (TPSA) is 52.6 Å². The van der Waals surface area contributed by atoms with E-state index >= 15 is 0 Å². The molecular formula is C23H20N2O2. The lowest BCUT2D eigenvalue weighted by Gasteiger charge is -2.47. The number of phenols is 1. The standard InChI is InChI=1S/C23H20N2O2/c26-21-12-6-2-7-15(21)13-19-17-9-3-1-8-16(17)14-25-20-11-5-4-10-18(20)23(27)24-22(19)25/h1-12,19,22,26H,13-14H2,(H,24,27)/t19-,22+/m0/s1. The summed E-state index contributed by atoms with van der Waals surface area (Å²) in [5, 5.41) is 13.5. The van der Waals surface area contributed by atoms with Gasteiger partial charge in [0.05, 0.1) is 11.3 Å². The highest BCUT2D eigenvalue weighted by molar-refractivity contribution is 6.02. The smallest absolute Gasteiger partial charge is 0.254 e. The molecule has 2 aliphatic heterocycles. The summed E-state index contributed by atoms with van der Waals surface area (Å²) in [6, 6.07) is 23.6. The fraction of sp³-hybridized carbons (Fsp3) is 0.174. The van der Waals surface area contributed by atoms with Gasteiger partial charge in [0.25, 0.3) is 5.91 Å². The van der Waals surface area contributed by atoms with E-state index in [4.69, 9.17) is 0 Å². The molecule has 0 unspecified atom stereocenters. The van der Waals surface area contributed by atoms with Crippen LogP contribution in [-0.2, 0) is 13.0 Å². The van der Waals surface area contributed by atoms with Crippen LogP contribution in [0.2, 0.25) is 0 Å². The Balaban J connectivity index is 1.63. The molecule has 0 saturated carbocycles. The SMILES string of the molecule is O=C1N[C@H]2[C@@H](Cc3ccccc3O)c3ccccc3CN2c2ccccc21. The molecule has 5 rings (SSSR count). The summed E-state index contributed by atoms with van der Waals surface area (Å²) in [5.74, 6) is 0.323. The van der Waals surface area contributed by atoms with E-state index < -0.39 is 0 Å². The molecule has 0 spiro atoms. The van der Waals surface area contributed by atoms with Crippen molar-refractivity contribution in [2.45, 2.75) is 25.0 Å². The van der Waals surface area contributed by atoms with Crippen LogP contribution in [-0.4, -0.2) is 17.2 Å². The third kappa shape index (κ3) is 2.56. The maximum Gasteiger partial charge on any atom is 0.254 e. The van der Waals surface area contributed by atoms with Gasteiger partial charge in [-0.1, -0.05) is 54.6 Å². The quantitative estimate of drug-likeness (QED) is 0.734. The van der Waals surface area contributed by atoms with Crippen LogP contribution < -0.4 is 10.2 Å². The van der Waals surface area contributed by atoms with E-state index in [2.05, 4.69) is 28.4 Å². The van der Waals surface area contributed by atoms with E-state index in [-0.39, 0.29) is 18.0 Å². The lowest BCUT2D eigenvalue weighted by Crippen LogP contribution is -2.57. The highest BCUT2D eigenvalue weighted by Gasteiger charge is 2.40. The van der Waals surface area contributed by atoms with E-state index in [0.29, 0.717) is 12.2 Å². The summed E-state index contributed by atoms with van der Waals surface area (Å²) in [6.07, 6.45) is 0.523. The van der Waals surface area contributed by atoms with Gasteiger partial charge in [-0.3, -0.25) is 4.79 Å². The van der Waals surface area contributed by atoms with Crippen LogP contribution in [0.4, 0.5) is 5.69 Å². The number of hydrogen-bond acceptors (Lipinski definition) is 3. The Kier molecular flexibility index (Phi) is 3.64. The number of phenolic OH excluding ortho intramolecular Hbond substituents is 1. The van der Waals surface area contributed by atoms with E-state index in [1.807, 2.05) is 48.5 Å². The van der Waals surface area contributed by atoms with Gasteiger partial charge in [-0.2, -0.15) is 0 Å². The number of hydrogen-bond donors (Lipinski definition) is 2. The average Bonchev–Trinajstić information content (AvgIpc) is 2.70. The maximum absolute atomic E-state index is 12.7.